The van der Waals surface area contributed by atoms with Crippen LogP contribution in [0.5, 0.6) is 11.5 Å². The Morgan fingerprint density at radius 1 is 1.05 bits per heavy atom. The molecule has 2 aliphatic heterocycles. The summed E-state index contributed by atoms with van der Waals surface area (Å²) in [7, 11) is 0. The number of likely N-dealkylation sites (tertiary alicyclic amines) is 2. The molecule has 1 aliphatic carbocycles. The van der Waals surface area contributed by atoms with Crippen LogP contribution in [0.15, 0.2) is 47.0 Å². The number of aryl methyl sites for hydroxylation is 1. The third kappa shape index (κ3) is 4.97. The molecule has 2 amide bonds. The van der Waals surface area contributed by atoms with Gasteiger partial charge in [-0.15, -0.1) is 10.2 Å². The molecule has 10 nitrogen and oxygen atoms in total. The minimum atomic E-state index is -0.0582. The summed E-state index contributed by atoms with van der Waals surface area (Å²) >= 11 is 1.54. The molecule has 1 unspecified atom stereocenters. The summed E-state index contributed by atoms with van der Waals surface area (Å²) in [5.74, 6) is 2.48. The molecule has 0 bridgehead atoms. The summed E-state index contributed by atoms with van der Waals surface area (Å²) in [6.45, 7) is 3.78. The van der Waals surface area contributed by atoms with Crippen LogP contribution in [0.2, 0.25) is 0 Å². The summed E-state index contributed by atoms with van der Waals surface area (Å²) < 4.78 is 12.0. The van der Waals surface area contributed by atoms with E-state index in [0.717, 1.165) is 52.5 Å². The lowest BCUT2D eigenvalue weighted by atomic mass is 10.1. The smallest absolute Gasteiger partial charge is 0.258 e. The van der Waals surface area contributed by atoms with Crippen molar-refractivity contribution in [2.75, 3.05) is 13.1 Å². The average Bonchev–Trinajstić information content (AvgIpc) is 3.29. The summed E-state index contributed by atoms with van der Waals surface area (Å²) in [5, 5.41) is 14.3. The number of rotatable bonds is 8. The Hall–Kier alpha value is -4.12. The molecule has 1 saturated carbocycles. The SMILES string of the molecule is Cc1nnc(-c2ccc(Oc3cc(-c4nc(C5CC(=O)N(C6CC6)C5)no4)ccc3CN3CCCC3=O)cc2)s1. The molecule has 4 heterocycles. The second-order valence-electron chi connectivity index (χ2n) is 10.6. The largest absolute Gasteiger partial charge is 0.457 e. The zero-order valence-corrected chi connectivity index (χ0v) is 22.9. The monoisotopic (exact) mass is 556 g/mol. The van der Waals surface area contributed by atoms with Crippen LogP contribution in [-0.4, -0.2) is 61.1 Å². The number of hydrogen-bond donors (Lipinski definition) is 0. The van der Waals surface area contributed by atoms with Gasteiger partial charge in [0.05, 0.1) is 0 Å². The highest BCUT2D eigenvalue weighted by atomic mass is 32.1. The Labute approximate surface area is 235 Å². The van der Waals surface area contributed by atoms with Crippen molar-refractivity contribution < 1.29 is 18.8 Å². The molecule has 7 rings (SSSR count). The van der Waals surface area contributed by atoms with E-state index in [-0.39, 0.29) is 17.7 Å². The van der Waals surface area contributed by atoms with Gasteiger partial charge in [0, 0.05) is 61.1 Å². The summed E-state index contributed by atoms with van der Waals surface area (Å²) in [5.41, 5.74) is 2.58. The number of amides is 2. The van der Waals surface area contributed by atoms with Crippen LogP contribution in [-0.2, 0) is 16.1 Å². The van der Waals surface area contributed by atoms with Crippen molar-refractivity contribution in [3.8, 4) is 33.5 Å². The van der Waals surface area contributed by atoms with Crippen LogP contribution in [0, 0.1) is 6.92 Å². The molecule has 0 spiro atoms. The fraction of sp³-hybridized carbons (Fsp3) is 0.379. The van der Waals surface area contributed by atoms with Crippen molar-refractivity contribution in [1.29, 1.82) is 0 Å². The molecule has 1 atom stereocenters. The highest BCUT2D eigenvalue weighted by Crippen LogP contribution is 2.37. The van der Waals surface area contributed by atoms with Crippen molar-refractivity contribution in [3.63, 3.8) is 0 Å². The van der Waals surface area contributed by atoms with Crippen molar-refractivity contribution in [3.05, 3.63) is 58.9 Å². The van der Waals surface area contributed by atoms with E-state index in [2.05, 4.69) is 20.3 Å². The third-order valence-corrected chi connectivity index (χ3v) is 8.54. The summed E-state index contributed by atoms with van der Waals surface area (Å²) in [6, 6.07) is 13.8. The first-order valence-corrected chi connectivity index (χ1v) is 14.4. The minimum absolute atomic E-state index is 0.0582. The van der Waals surface area contributed by atoms with Crippen molar-refractivity contribution in [1.82, 2.24) is 30.1 Å². The van der Waals surface area contributed by atoms with Crippen LogP contribution < -0.4 is 4.74 Å². The van der Waals surface area contributed by atoms with Gasteiger partial charge in [-0.3, -0.25) is 9.59 Å². The predicted octanol–water partition coefficient (Wildman–Crippen LogP) is 4.96. The molecular formula is C29H28N6O4S. The molecule has 0 N–H and O–H groups in total. The maximum absolute atomic E-state index is 12.4. The zero-order valence-electron chi connectivity index (χ0n) is 22.1. The second-order valence-corrected chi connectivity index (χ2v) is 11.8. The summed E-state index contributed by atoms with van der Waals surface area (Å²) in [4.78, 5) is 33.3. The molecule has 3 aliphatic rings. The van der Waals surface area contributed by atoms with E-state index in [4.69, 9.17) is 9.26 Å². The lowest BCUT2D eigenvalue weighted by Gasteiger charge is -2.19. The molecule has 2 aromatic heterocycles. The normalized spacial score (nSPS) is 19.2. The van der Waals surface area contributed by atoms with E-state index in [1.165, 1.54) is 0 Å². The van der Waals surface area contributed by atoms with Gasteiger partial charge in [0.2, 0.25) is 11.8 Å². The number of aromatic nitrogens is 4. The Morgan fingerprint density at radius 2 is 1.88 bits per heavy atom. The molecule has 4 aromatic rings. The second kappa shape index (κ2) is 10.1. The van der Waals surface area contributed by atoms with E-state index in [1.54, 1.807) is 11.3 Å². The van der Waals surface area contributed by atoms with Gasteiger partial charge in [-0.25, -0.2) is 0 Å². The number of hydrogen-bond acceptors (Lipinski definition) is 9. The predicted molar refractivity (Wildman–Crippen MR) is 147 cm³/mol. The Bertz CT molecular complexity index is 1580. The lowest BCUT2D eigenvalue weighted by molar-refractivity contribution is -0.129. The molecular weight excluding hydrogens is 528 g/mol. The van der Waals surface area contributed by atoms with Crippen molar-refractivity contribution in [2.24, 2.45) is 0 Å². The van der Waals surface area contributed by atoms with Gasteiger partial charge in [-0.05, 0) is 62.6 Å². The number of benzene rings is 2. The minimum Gasteiger partial charge on any atom is -0.457 e. The average molecular weight is 557 g/mol. The van der Waals surface area contributed by atoms with Crippen LogP contribution in [0.1, 0.15) is 54.4 Å². The fourth-order valence-corrected chi connectivity index (χ4v) is 6.05. The maximum Gasteiger partial charge on any atom is 0.258 e. The first kappa shape index (κ1) is 24.9. The first-order valence-electron chi connectivity index (χ1n) is 13.6. The van der Waals surface area contributed by atoms with Crippen molar-refractivity contribution >= 4 is 23.2 Å². The first-order chi connectivity index (χ1) is 19.5. The number of nitrogens with zero attached hydrogens (tertiary/aromatic N) is 6. The van der Waals surface area contributed by atoms with Crippen LogP contribution in [0.3, 0.4) is 0 Å². The summed E-state index contributed by atoms with van der Waals surface area (Å²) in [6.07, 6.45) is 4.02. The number of carbonyl (C=O) groups is 2. The van der Waals surface area contributed by atoms with Gasteiger partial charge < -0.3 is 19.1 Å². The quantitative estimate of drug-likeness (QED) is 0.299. The van der Waals surface area contributed by atoms with Crippen LogP contribution in [0.4, 0.5) is 0 Å². The van der Waals surface area contributed by atoms with E-state index in [9.17, 15) is 9.59 Å². The molecule has 204 valence electrons. The molecule has 11 heteroatoms. The third-order valence-electron chi connectivity index (χ3n) is 7.65. The van der Waals surface area contributed by atoms with Gasteiger partial charge in [0.1, 0.15) is 21.5 Å². The topological polar surface area (TPSA) is 115 Å². The maximum atomic E-state index is 12.4. The van der Waals surface area contributed by atoms with Gasteiger partial charge in [-0.1, -0.05) is 22.6 Å². The highest BCUT2D eigenvalue weighted by Gasteiger charge is 2.41. The van der Waals surface area contributed by atoms with Gasteiger partial charge in [0.25, 0.3) is 5.89 Å². The van der Waals surface area contributed by atoms with Crippen molar-refractivity contribution in [2.45, 2.75) is 57.5 Å². The van der Waals surface area contributed by atoms with E-state index < -0.39 is 0 Å². The number of carbonyl (C=O) groups excluding carboxylic acids is 2. The fourth-order valence-electron chi connectivity index (χ4n) is 5.36. The standard InChI is InChI=1S/C29H28N6O4S/c1-17-31-32-29(40-17)18-6-10-23(11-7-18)38-24-13-19(4-5-20(24)15-34-12-2-3-25(34)36)28-30-27(33-39-28)21-14-26(37)35(16-21)22-8-9-22/h4-7,10-11,13,21-22H,2-3,8-9,12,14-16H2,1H3. The van der Waals surface area contributed by atoms with E-state index in [1.807, 2.05) is 59.2 Å². The molecule has 2 saturated heterocycles. The molecule has 2 aromatic carbocycles. The van der Waals surface area contributed by atoms with E-state index in [0.29, 0.717) is 55.2 Å². The van der Waals surface area contributed by atoms with Gasteiger partial charge >= 0.3 is 0 Å². The molecule has 0 radical (unpaired) electrons. The number of ether oxygens (including phenoxy) is 1. The highest BCUT2D eigenvalue weighted by molar-refractivity contribution is 7.14. The van der Waals surface area contributed by atoms with Gasteiger partial charge in [-0.2, -0.15) is 4.98 Å². The Morgan fingerprint density at radius 3 is 2.60 bits per heavy atom. The molecule has 40 heavy (non-hydrogen) atoms. The zero-order chi connectivity index (χ0) is 27.2. The van der Waals surface area contributed by atoms with Crippen LogP contribution in [0.25, 0.3) is 22.0 Å². The van der Waals surface area contributed by atoms with Gasteiger partial charge in [0.15, 0.2) is 5.82 Å². The van der Waals surface area contributed by atoms with E-state index >= 15 is 0 Å². The Balaban J connectivity index is 1.15. The van der Waals surface area contributed by atoms with Crippen LogP contribution >= 0.6 is 11.3 Å². The lowest BCUT2D eigenvalue weighted by Crippen LogP contribution is -2.27. The molecule has 3 fully saturated rings. The Kier molecular flexibility index (Phi) is 6.30.